The molecular formula is C19H28O3. The summed E-state index contributed by atoms with van der Waals surface area (Å²) in [6.45, 7) is 9.32. The van der Waals surface area contributed by atoms with E-state index in [9.17, 15) is 4.79 Å². The van der Waals surface area contributed by atoms with Crippen molar-refractivity contribution in [3.05, 3.63) is 42.2 Å². The number of aryl methyl sites for hydroxylation is 1. The second-order valence-corrected chi connectivity index (χ2v) is 5.59. The highest BCUT2D eigenvalue weighted by Gasteiger charge is 2.12. The van der Waals surface area contributed by atoms with Crippen LogP contribution in [0.15, 0.2) is 31.0 Å². The van der Waals surface area contributed by atoms with Crippen molar-refractivity contribution in [2.45, 2.75) is 65.6 Å². The molecule has 22 heavy (non-hydrogen) atoms. The fourth-order valence-electron chi connectivity index (χ4n) is 2.32. The summed E-state index contributed by atoms with van der Waals surface area (Å²) >= 11 is 0. The summed E-state index contributed by atoms with van der Waals surface area (Å²) in [5, 5.41) is 0. The molecule has 0 bridgehead atoms. The van der Waals surface area contributed by atoms with E-state index in [4.69, 9.17) is 9.47 Å². The molecule has 0 aliphatic heterocycles. The number of Topliss-reactive ketones (excluding diaryl/α,β-unsaturated/α-hetero) is 1. The van der Waals surface area contributed by atoms with Crippen LogP contribution in [-0.4, -0.2) is 12.1 Å². The van der Waals surface area contributed by atoms with E-state index in [0.29, 0.717) is 5.56 Å². The van der Waals surface area contributed by atoms with E-state index in [2.05, 4.69) is 13.5 Å². The summed E-state index contributed by atoms with van der Waals surface area (Å²) in [5.41, 5.74) is 1.64. The Labute approximate surface area is 134 Å². The lowest BCUT2D eigenvalue weighted by molar-refractivity contribution is -0.0364. The van der Waals surface area contributed by atoms with Gasteiger partial charge in [0, 0.05) is 12.0 Å². The van der Waals surface area contributed by atoms with Crippen LogP contribution in [-0.2, 0) is 4.74 Å². The molecule has 0 spiro atoms. The second-order valence-electron chi connectivity index (χ2n) is 5.59. The first-order chi connectivity index (χ1) is 10.6. The van der Waals surface area contributed by atoms with Gasteiger partial charge in [0.15, 0.2) is 5.78 Å². The van der Waals surface area contributed by atoms with Crippen molar-refractivity contribution in [3.63, 3.8) is 0 Å². The van der Waals surface area contributed by atoms with Gasteiger partial charge in [-0.1, -0.05) is 39.2 Å². The fourth-order valence-corrected chi connectivity index (χ4v) is 2.32. The standard InChI is InChI=1S/C19H28O3/c1-5-7-8-9-10-11-19(21-6-2)22-18-13-12-17(16(4)20)14-15(18)3/h6,12-14,19H,2,5,7-11H2,1,3-4H3. The van der Waals surface area contributed by atoms with Crippen molar-refractivity contribution in [2.24, 2.45) is 0 Å². The molecule has 0 aliphatic rings. The number of ketones is 1. The van der Waals surface area contributed by atoms with Crippen molar-refractivity contribution in [1.82, 2.24) is 0 Å². The van der Waals surface area contributed by atoms with Gasteiger partial charge in [-0.05, 0) is 44.0 Å². The summed E-state index contributed by atoms with van der Waals surface area (Å²) in [5.74, 6) is 0.815. The van der Waals surface area contributed by atoms with Crippen LogP contribution in [0.3, 0.4) is 0 Å². The molecule has 1 aromatic rings. The van der Waals surface area contributed by atoms with Crippen molar-refractivity contribution < 1.29 is 14.3 Å². The van der Waals surface area contributed by atoms with Crippen LogP contribution in [0, 0.1) is 6.92 Å². The zero-order valence-electron chi connectivity index (χ0n) is 14.1. The molecule has 0 N–H and O–H groups in total. The van der Waals surface area contributed by atoms with Crippen LogP contribution >= 0.6 is 0 Å². The third-order valence-electron chi connectivity index (χ3n) is 3.63. The van der Waals surface area contributed by atoms with E-state index in [-0.39, 0.29) is 12.1 Å². The van der Waals surface area contributed by atoms with E-state index >= 15 is 0 Å². The maximum absolute atomic E-state index is 11.4. The van der Waals surface area contributed by atoms with E-state index < -0.39 is 0 Å². The minimum atomic E-state index is -0.319. The Hall–Kier alpha value is -1.77. The van der Waals surface area contributed by atoms with Crippen molar-refractivity contribution >= 4 is 5.78 Å². The highest BCUT2D eigenvalue weighted by molar-refractivity contribution is 5.94. The van der Waals surface area contributed by atoms with Gasteiger partial charge in [0.25, 0.3) is 0 Å². The van der Waals surface area contributed by atoms with Gasteiger partial charge in [-0.3, -0.25) is 4.79 Å². The lowest BCUT2D eigenvalue weighted by Gasteiger charge is -2.20. The van der Waals surface area contributed by atoms with Gasteiger partial charge in [0.2, 0.25) is 6.29 Å². The Morgan fingerprint density at radius 1 is 1.27 bits per heavy atom. The molecule has 0 radical (unpaired) electrons. The number of carbonyl (C=O) groups excluding carboxylic acids is 1. The molecule has 1 unspecified atom stereocenters. The lowest BCUT2D eigenvalue weighted by atomic mass is 10.1. The average molecular weight is 304 g/mol. The van der Waals surface area contributed by atoms with Crippen LogP contribution in [0.2, 0.25) is 0 Å². The van der Waals surface area contributed by atoms with Gasteiger partial charge >= 0.3 is 0 Å². The second kappa shape index (κ2) is 10.0. The average Bonchev–Trinajstić information content (AvgIpc) is 2.48. The summed E-state index contributed by atoms with van der Waals surface area (Å²) in [4.78, 5) is 11.4. The number of hydrogen-bond donors (Lipinski definition) is 0. The maximum atomic E-state index is 11.4. The molecule has 1 atom stereocenters. The van der Waals surface area contributed by atoms with Gasteiger partial charge in [-0.25, -0.2) is 0 Å². The smallest absolute Gasteiger partial charge is 0.240 e. The van der Waals surface area contributed by atoms with Crippen molar-refractivity contribution in [3.8, 4) is 5.75 Å². The van der Waals surface area contributed by atoms with E-state index in [1.165, 1.54) is 31.9 Å². The molecule has 1 rings (SSSR count). The van der Waals surface area contributed by atoms with Crippen LogP contribution in [0.4, 0.5) is 0 Å². The van der Waals surface area contributed by atoms with Gasteiger partial charge in [-0.2, -0.15) is 0 Å². The first-order valence-corrected chi connectivity index (χ1v) is 8.13. The number of hydrogen-bond acceptors (Lipinski definition) is 3. The van der Waals surface area contributed by atoms with Gasteiger partial charge in [-0.15, -0.1) is 0 Å². The number of rotatable bonds is 11. The quantitative estimate of drug-likeness (QED) is 0.237. The lowest BCUT2D eigenvalue weighted by Crippen LogP contribution is -2.18. The predicted octanol–water partition coefficient (Wildman–Crippen LogP) is 5.42. The third-order valence-corrected chi connectivity index (χ3v) is 3.63. The number of carbonyl (C=O) groups is 1. The van der Waals surface area contributed by atoms with E-state index in [0.717, 1.165) is 24.2 Å². The molecule has 3 heteroatoms. The molecule has 1 aromatic carbocycles. The molecule has 3 nitrogen and oxygen atoms in total. The van der Waals surface area contributed by atoms with E-state index in [1.807, 2.05) is 19.1 Å². The highest BCUT2D eigenvalue weighted by atomic mass is 16.7. The van der Waals surface area contributed by atoms with Crippen LogP contribution in [0.5, 0.6) is 5.75 Å². The minimum absolute atomic E-state index is 0.0597. The Morgan fingerprint density at radius 2 is 2.00 bits per heavy atom. The summed E-state index contributed by atoms with van der Waals surface area (Å²) < 4.78 is 11.4. The van der Waals surface area contributed by atoms with Gasteiger partial charge < -0.3 is 9.47 Å². The summed E-state index contributed by atoms with van der Waals surface area (Å²) in [6, 6.07) is 5.48. The number of unbranched alkanes of at least 4 members (excludes halogenated alkanes) is 4. The SMILES string of the molecule is C=COC(CCCCCCC)Oc1ccc(C(C)=O)cc1C. The zero-order chi connectivity index (χ0) is 16.4. The first kappa shape index (κ1) is 18.3. The molecule has 0 fully saturated rings. The Morgan fingerprint density at radius 3 is 2.59 bits per heavy atom. The molecule has 122 valence electrons. The Bertz CT molecular complexity index is 480. The van der Waals surface area contributed by atoms with Crippen molar-refractivity contribution in [2.75, 3.05) is 0 Å². The van der Waals surface area contributed by atoms with Gasteiger partial charge in [0.05, 0.1) is 6.26 Å². The zero-order valence-corrected chi connectivity index (χ0v) is 14.1. The molecule has 0 aromatic heterocycles. The predicted molar refractivity (Wildman–Crippen MR) is 90.3 cm³/mol. The monoisotopic (exact) mass is 304 g/mol. The fraction of sp³-hybridized carbons (Fsp3) is 0.526. The molecule has 0 aliphatic carbocycles. The molecule has 0 heterocycles. The first-order valence-electron chi connectivity index (χ1n) is 8.13. The molecule has 0 amide bonds. The normalized spacial score (nSPS) is 11.8. The van der Waals surface area contributed by atoms with Crippen LogP contribution in [0.25, 0.3) is 0 Å². The largest absolute Gasteiger partial charge is 0.463 e. The molecule has 0 saturated heterocycles. The summed E-state index contributed by atoms with van der Waals surface area (Å²) in [6.07, 6.45) is 7.98. The molecular weight excluding hydrogens is 276 g/mol. The maximum Gasteiger partial charge on any atom is 0.240 e. The Kier molecular flexibility index (Phi) is 8.34. The topological polar surface area (TPSA) is 35.5 Å². The highest BCUT2D eigenvalue weighted by Crippen LogP contribution is 2.23. The summed E-state index contributed by atoms with van der Waals surface area (Å²) in [7, 11) is 0. The van der Waals surface area contributed by atoms with Crippen LogP contribution in [0.1, 0.15) is 68.3 Å². The van der Waals surface area contributed by atoms with Crippen LogP contribution < -0.4 is 4.74 Å². The van der Waals surface area contributed by atoms with E-state index in [1.54, 1.807) is 13.0 Å². The minimum Gasteiger partial charge on any atom is -0.463 e. The van der Waals surface area contributed by atoms with Crippen molar-refractivity contribution in [1.29, 1.82) is 0 Å². The number of benzene rings is 1. The van der Waals surface area contributed by atoms with Gasteiger partial charge in [0.1, 0.15) is 5.75 Å². The Balaban J connectivity index is 2.58. The number of ether oxygens (including phenoxy) is 2. The third kappa shape index (κ3) is 6.33. The molecule has 0 saturated carbocycles.